The van der Waals surface area contributed by atoms with Crippen LogP contribution in [0.4, 0.5) is 0 Å². The molecule has 0 heterocycles. The number of unbranched alkanes of at least 4 members (excludes halogenated alkanes) is 1. The smallest absolute Gasteiger partial charge is 0.00515 e. The number of rotatable bonds is 3. The Kier molecular flexibility index (Phi) is 5.50. The third kappa shape index (κ3) is 3.14. The Balaban J connectivity index is 1.83. The van der Waals surface area contributed by atoms with Gasteiger partial charge in [-0.2, -0.15) is 0 Å². The van der Waals surface area contributed by atoms with Crippen LogP contribution in [0.5, 0.6) is 0 Å². The van der Waals surface area contributed by atoms with Crippen LogP contribution >= 0.6 is 0 Å². The molecule has 0 spiro atoms. The third-order valence-electron chi connectivity index (χ3n) is 10.3. The van der Waals surface area contributed by atoms with Crippen LogP contribution in [0.2, 0.25) is 0 Å². The average molecular weight is 487 g/mol. The second-order valence-corrected chi connectivity index (χ2v) is 12.3. The molecule has 4 aromatic rings. The van der Waals surface area contributed by atoms with Gasteiger partial charge in [0, 0.05) is 0 Å². The second-order valence-electron chi connectivity index (χ2n) is 12.3. The minimum Gasteiger partial charge on any atom is -0.0683 e. The molecule has 0 saturated carbocycles. The van der Waals surface area contributed by atoms with Crippen LogP contribution in [0.15, 0.2) is 11.1 Å². The predicted octanol–water partition coefficient (Wildman–Crippen LogP) is 10.7. The highest BCUT2D eigenvalue weighted by Crippen LogP contribution is 2.49. The van der Waals surface area contributed by atoms with Crippen molar-refractivity contribution in [1.82, 2.24) is 0 Å². The number of fused-ring (bicyclic) bond motifs is 9. The van der Waals surface area contributed by atoms with E-state index in [4.69, 9.17) is 0 Å². The first-order valence-electron chi connectivity index (χ1n) is 14.4. The molecule has 0 radical (unpaired) electrons. The highest BCUT2D eigenvalue weighted by Gasteiger charge is 2.28. The summed E-state index contributed by atoms with van der Waals surface area (Å²) < 4.78 is 0. The maximum atomic E-state index is 2.54. The molecule has 6 rings (SSSR count). The lowest BCUT2D eigenvalue weighted by atomic mass is 9.78. The monoisotopic (exact) mass is 486 g/mol. The quantitative estimate of drug-likeness (QED) is 0.253. The Bertz CT molecular complexity index is 1770. The lowest BCUT2D eigenvalue weighted by Crippen LogP contribution is -2.04. The van der Waals surface area contributed by atoms with Gasteiger partial charge < -0.3 is 0 Å². The zero-order chi connectivity index (χ0) is 26.5. The lowest BCUT2D eigenvalue weighted by molar-refractivity contribution is 0.780. The molecule has 4 aromatic carbocycles. The van der Waals surface area contributed by atoms with E-state index in [1.165, 1.54) is 107 Å². The standard InChI is InChI=1S/C37H42/c1-11-12-13-27-16-29-20(4)22(6)35-33(31(29)17-27)24(8)26(10)36-34-21(5)19(3)28-14-18(2)15-30(28)32(34)23(7)25(9)37(35)36/h14,16H,11-13,15,17H2,1-10H3. The van der Waals surface area contributed by atoms with Gasteiger partial charge in [-0.05, 0) is 187 Å². The van der Waals surface area contributed by atoms with E-state index in [-0.39, 0.29) is 0 Å². The number of hydrogen-bond acceptors (Lipinski definition) is 0. The van der Waals surface area contributed by atoms with Gasteiger partial charge in [-0.3, -0.25) is 0 Å². The highest BCUT2D eigenvalue weighted by atomic mass is 14.3. The number of allylic oxidation sites excluding steroid dienone is 2. The van der Waals surface area contributed by atoms with Gasteiger partial charge in [-0.15, -0.1) is 0 Å². The maximum Gasteiger partial charge on any atom is -0.00515 e. The zero-order valence-corrected chi connectivity index (χ0v) is 24.7. The molecule has 0 unspecified atom stereocenters. The Morgan fingerprint density at radius 2 is 0.892 bits per heavy atom. The molecule has 0 N–H and O–H groups in total. The second kappa shape index (κ2) is 8.32. The molecule has 0 aromatic heterocycles. The largest absolute Gasteiger partial charge is 0.0683 e. The number of aryl methyl sites for hydroxylation is 6. The Labute approximate surface area is 223 Å². The van der Waals surface area contributed by atoms with Crippen molar-refractivity contribution in [1.29, 1.82) is 0 Å². The van der Waals surface area contributed by atoms with Crippen molar-refractivity contribution >= 4 is 44.5 Å². The van der Waals surface area contributed by atoms with Gasteiger partial charge in [-0.25, -0.2) is 0 Å². The molecule has 0 amide bonds. The molecule has 2 aliphatic carbocycles. The van der Waals surface area contributed by atoms with E-state index in [1.54, 1.807) is 22.1 Å². The molecular weight excluding hydrogens is 444 g/mol. The third-order valence-corrected chi connectivity index (χ3v) is 10.3. The summed E-state index contributed by atoms with van der Waals surface area (Å²) >= 11 is 0. The zero-order valence-electron chi connectivity index (χ0n) is 24.7. The minimum atomic E-state index is 1.09. The Hall–Kier alpha value is -2.86. The SMILES string of the molecule is CCCCC1=Cc2c(C)c(C)c3c(c(C)c(C)c4c5c(C)c(C)c6c(c5c(C)c(C)c34)CC(C)=C6)c2C1. The Morgan fingerprint density at radius 1 is 0.486 bits per heavy atom. The van der Waals surface area contributed by atoms with Gasteiger partial charge in [0.05, 0.1) is 0 Å². The van der Waals surface area contributed by atoms with Gasteiger partial charge in [0.2, 0.25) is 0 Å². The number of hydrogen-bond donors (Lipinski definition) is 0. The first kappa shape index (κ1) is 24.5. The van der Waals surface area contributed by atoms with Gasteiger partial charge >= 0.3 is 0 Å². The summed E-state index contributed by atoms with van der Waals surface area (Å²) in [7, 11) is 0. The summed E-state index contributed by atoms with van der Waals surface area (Å²) in [6, 6.07) is 0. The van der Waals surface area contributed by atoms with Crippen LogP contribution in [0.25, 0.3) is 44.5 Å². The van der Waals surface area contributed by atoms with Gasteiger partial charge in [0.25, 0.3) is 0 Å². The predicted molar refractivity (Wildman–Crippen MR) is 165 cm³/mol. The minimum absolute atomic E-state index is 1.09. The summed E-state index contributed by atoms with van der Waals surface area (Å²) in [5.41, 5.74) is 21.1. The Morgan fingerprint density at radius 3 is 1.41 bits per heavy atom. The highest BCUT2D eigenvalue weighted by molar-refractivity contribution is 6.25. The molecule has 0 bridgehead atoms. The van der Waals surface area contributed by atoms with Crippen molar-refractivity contribution in [2.75, 3.05) is 0 Å². The van der Waals surface area contributed by atoms with Gasteiger partial charge in [0.15, 0.2) is 0 Å². The molecule has 0 fully saturated rings. The molecule has 0 nitrogen and oxygen atoms in total. The van der Waals surface area contributed by atoms with E-state index >= 15 is 0 Å². The van der Waals surface area contributed by atoms with Crippen LogP contribution in [0.1, 0.15) is 99.9 Å². The first-order valence-corrected chi connectivity index (χ1v) is 14.4. The first-order chi connectivity index (χ1) is 17.6. The van der Waals surface area contributed by atoms with Crippen molar-refractivity contribution in [3.8, 4) is 0 Å². The van der Waals surface area contributed by atoms with Gasteiger partial charge in [0.1, 0.15) is 0 Å². The van der Waals surface area contributed by atoms with E-state index in [0.717, 1.165) is 12.8 Å². The summed E-state index contributed by atoms with van der Waals surface area (Å²) in [6.45, 7) is 23.7. The fraction of sp³-hybridized carbons (Fsp3) is 0.405. The van der Waals surface area contributed by atoms with Crippen molar-refractivity contribution in [3.63, 3.8) is 0 Å². The number of benzene rings is 4. The van der Waals surface area contributed by atoms with Crippen LogP contribution in [-0.2, 0) is 12.8 Å². The molecule has 0 heteroatoms. The maximum absolute atomic E-state index is 2.54. The van der Waals surface area contributed by atoms with E-state index < -0.39 is 0 Å². The lowest BCUT2D eigenvalue weighted by Gasteiger charge is -2.26. The van der Waals surface area contributed by atoms with Crippen LogP contribution in [0, 0.1) is 55.4 Å². The normalized spacial score (nSPS) is 14.6. The fourth-order valence-corrected chi connectivity index (χ4v) is 7.76. The molecule has 190 valence electrons. The van der Waals surface area contributed by atoms with Gasteiger partial charge in [-0.1, -0.05) is 36.6 Å². The molecule has 0 aliphatic heterocycles. The summed E-state index contributed by atoms with van der Waals surface area (Å²) in [6.07, 6.45) is 11.0. The van der Waals surface area contributed by atoms with E-state index in [1.807, 2.05) is 0 Å². The van der Waals surface area contributed by atoms with E-state index in [0.29, 0.717) is 0 Å². The van der Waals surface area contributed by atoms with Crippen LogP contribution in [0.3, 0.4) is 0 Å². The fourth-order valence-electron chi connectivity index (χ4n) is 7.76. The van der Waals surface area contributed by atoms with Crippen molar-refractivity contribution in [2.24, 2.45) is 0 Å². The van der Waals surface area contributed by atoms with Crippen molar-refractivity contribution in [2.45, 2.75) is 101 Å². The average Bonchev–Trinajstić information content (AvgIpc) is 3.47. The van der Waals surface area contributed by atoms with Crippen molar-refractivity contribution < 1.29 is 0 Å². The molecule has 0 saturated heterocycles. The van der Waals surface area contributed by atoms with Crippen LogP contribution in [-0.4, -0.2) is 0 Å². The molecule has 0 atom stereocenters. The molecule has 2 aliphatic rings. The van der Waals surface area contributed by atoms with E-state index in [2.05, 4.69) is 81.4 Å². The van der Waals surface area contributed by atoms with E-state index in [9.17, 15) is 0 Å². The van der Waals surface area contributed by atoms with Crippen LogP contribution < -0.4 is 0 Å². The molecule has 37 heavy (non-hydrogen) atoms. The topological polar surface area (TPSA) is 0 Å². The summed E-state index contributed by atoms with van der Waals surface area (Å²) in [5, 5.41) is 9.13. The summed E-state index contributed by atoms with van der Waals surface area (Å²) in [5.74, 6) is 0. The summed E-state index contributed by atoms with van der Waals surface area (Å²) in [4.78, 5) is 0. The molecular formula is C37H42. The van der Waals surface area contributed by atoms with Crippen molar-refractivity contribution in [3.05, 3.63) is 77.9 Å².